The number of benzene rings is 1. The highest BCUT2D eigenvalue weighted by atomic mass is 32.2. The zero-order valence-corrected chi connectivity index (χ0v) is 16.5. The van der Waals surface area contributed by atoms with E-state index in [1.54, 1.807) is 12.3 Å². The van der Waals surface area contributed by atoms with E-state index in [4.69, 9.17) is 4.42 Å². The molecule has 1 aromatic carbocycles. The molecule has 1 saturated heterocycles. The van der Waals surface area contributed by atoms with E-state index in [0.29, 0.717) is 12.2 Å². The molecular weight excluding hydrogens is 362 g/mol. The molecule has 1 atom stereocenters. The average Bonchev–Trinajstić information content (AvgIpc) is 3.20. The highest BCUT2D eigenvalue weighted by Crippen LogP contribution is 2.24. The number of aryl methyl sites for hydroxylation is 2. The van der Waals surface area contributed by atoms with Crippen molar-refractivity contribution in [2.45, 2.75) is 19.9 Å². The molecule has 1 aliphatic rings. The van der Waals surface area contributed by atoms with Crippen molar-refractivity contribution in [3.8, 4) is 0 Å². The molecule has 144 valence electrons. The molecule has 2 N–H and O–H groups in total. The van der Waals surface area contributed by atoms with Crippen molar-refractivity contribution in [1.82, 2.24) is 10.2 Å². The second-order valence-corrected chi connectivity index (χ2v) is 7.87. The van der Waals surface area contributed by atoms with E-state index in [1.807, 2.05) is 49.9 Å². The number of carbonyl (C=O) groups excluding carboxylic acids is 2. The number of anilines is 1. The van der Waals surface area contributed by atoms with Gasteiger partial charge in [-0.25, -0.2) is 0 Å². The zero-order valence-electron chi connectivity index (χ0n) is 15.7. The van der Waals surface area contributed by atoms with Crippen LogP contribution in [-0.4, -0.2) is 47.9 Å². The number of rotatable bonds is 5. The lowest BCUT2D eigenvalue weighted by Crippen LogP contribution is -2.44. The number of nitrogens with zero attached hydrogens (tertiary/aromatic N) is 1. The summed E-state index contributed by atoms with van der Waals surface area (Å²) in [7, 11) is 0. The summed E-state index contributed by atoms with van der Waals surface area (Å²) < 4.78 is 5.56. The Kier molecular flexibility index (Phi) is 6.58. The second kappa shape index (κ2) is 9.10. The smallest absolute Gasteiger partial charge is 0.313 e. The molecule has 3 rings (SSSR count). The molecule has 0 bridgehead atoms. The molecule has 1 aliphatic heterocycles. The molecule has 2 heterocycles. The van der Waals surface area contributed by atoms with Crippen molar-refractivity contribution in [1.29, 1.82) is 0 Å². The minimum Gasteiger partial charge on any atom is -0.468 e. The fraction of sp³-hybridized carbons (Fsp3) is 0.400. The third-order valence-electron chi connectivity index (χ3n) is 4.79. The highest BCUT2D eigenvalue weighted by Gasteiger charge is 2.26. The Bertz CT molecular complexity index is 786. The van der Waals surface area contributed by atoms with E-state index in [1.165, 1.54) is 0 Å². The summed E-state index contributed by atoms with van der Waals surface area (Å²) >= 11 is 1.92. The van der Waals surface area contributed by atoms with Gasteiger partial charge in [0.05, 0.1) is 12.3 Å². The largest absolute Gasteiger partial charge is 0.468 e. The Hall–Kier alpha value is -2.25. The van der Waals surface area contributed by atoms with Crippen molar-refractivity contribution in [3.63, 3.8) is 0 Å². The first kappa shape index (κ1) is 19.5. The van der Waals surface area contributed by atoms with Crippen LogP contribution in [0.1, 0.15) is 22.9 Å². The summed E-state index contributed by atoms with van der Waals surface area (Å²) in [4.78, 5) is 26.8. The topological polar surface area (TPSA) is 74.6 Å². The number of hydrogen-bond acceptors (Lipinski definition) is 5. The van der Waals surface area contributed by atoms with Gasteiger partial charge in [0.1, 0.15) is 5.76 Å². The number of amides is 2. The Balaban J connectivity index is 1.59. The van der Waals surface area contributed by atoms with Crippen molar-refractivity contribution in [2.24, 2.45) is 0 Å². The van der Waals surface area contributed by atoms with E-state index < -0.39 is 11.8 Å². The van der Waals surface area contributed by atoms with Crippen LogP contribution >= 0.6 is 11.8 Å². The molecule has 7 heteroatoms. The summed E-state index contributed by atoms with van der Waals surface area (Å²) in [5, 5.41) is 5.41. The van der Waals surface area contributed by atoms with Crippen LogP contribution in [0.25, 0.3) is 0 Å². The predicted molar refractivity (Wildman–Crippen MR) is 108 cm³/mol. The maximum absolute atomic E-state index is 12.3. The number of carbonyl (C=O) groups is 2. The van der Waals surface area contributed by atoms with Crippen LogP contribution in [0.3, 0.4) is 0 Å². The molecule has 0 radical (unpaired) electrons. The zero-order chi connectivity index (χ0) is 19.2. The van der Waals surface area contributed by atoms with E-state index >= 15 is 0 Å². The van der Waals surface area contributed by atoms with E-state index in [-0.39, 0.29) is 6.04 Å². The quantitative estimate of drug-likeness (QED) is 0.772. The maximum Gasteiger partial charge on any atom is 0.313 e. The summed E-state index contributed by atoms with van der Waals surface area (Å²) in [6.45, 7) is 6.16. The van der Waals surface area contributed by atoms with Gasteiger partial charge in [-0.15, -0.1) is 0 Å². The Labute approximate surface area is 163 Å². The SMILES string of the molecule is Cc1ccc(NC(=O)C(=O)NCC(c2ccco2)N2CCSCC2)cc1C. The van der Waals surface area contributed by atoms with Crippen molar-refractivity contribution < 1.29 is 14.0 Å². The van der Waals surface area contributed by atoms with Crippen LogP contribution in [0.5, 0.6) is 0 Å². The fourth-order valence-electron chi connectivity index (χ4n) is 3.06. The van der Waals surface area contributed by atoms with Crippen molar-refractivity contribution >= 4 is 29.3 Å². The standard InChI is InChI=1S/C20H25N3O3S/c1-14-5-6-16(12-15(14)2)22-20(25)19(24)21-13-17(18-4-3-9-26-18)23-7-10-27-11-8-23/h3-6,9,12,17H,7-8,10-11,13H2,1-2H3,(H,21,24)(H,22,25). The van der Waals surface area contributed by atoms with Gasteiger partial charge in [0.15, 0.2) is 0 Å². The van der Waals surface area contributed by atoms with Gasteiger partial charge >= 0.3 is 11.8 Å². The predicted octanol–water partition coefficient (Wildman–Crippen LogP) is 2.74. The van der Waals surface area contributed by atoms with Crippen LogP contribution in [0.4, 0.5) is 5.69 Å². The highest BCUT2D eigenvalue weighted by molar-refractivity contribution is 7.99. The lowest BCUT2D eigenvalue weighted by Gasteiger charge is -2.33. The molecule has 1 aromatic heterocycles. The average molecular weight is 388 g/mol. The van der Waals surface area contributed by atoms with E-state index in [2.05, 4.69) is 15.5 Å². The van der Waals surface area contributed by atoms with Crippen LogP contribution in [0.2, 0.25) is 0 Å². The molecular formula is C20H25N3O3S. The minimum atomic E-state index is -0.661. The molecule has 27 heavy (non-hydrogen) atoms. The van der Waals surface area contributed by atoms with E-state index in [0.717, 1.165) is 41.5 Å². The Morgan fingerprint density at radius 1 is 1.15 bits per heavy atom. The fourth-order valence-corrected chi connectivity index (χ4v) is 3.99. The van der Waals surface area contributed by atoms with Crippen LogP contribution in [-0.2, 0) is 9.59 Å². The molecule has 2 aromatic rings. The van der Waals surface area contributed by atoms with Gasteiger partial charge < -0.3 is 15.1 Å². The molecule has 1 fully saturated rings. The normalized spacial score (nSPS) is 15.9. The van der Waals surface area contributed by atoms with E-state index in [9.17, 15) is 9.59 Å². The third kappa shape index (κ3) is 5.14. The molecule has 6 nitrogen and oxygen atoms in total. The van der Waals surface area contributed by atoms with Crippen molar-refractivity contribution in [2.75, 3.05) is 36.5 Å². The molecule has 0 saturated carbocycles. The first-order chi connectivity index (χ1) is 13.0. The molecule has 1 unspecified atom stereocenters. The monoisotopic (exact) mass is 387 g/mol. The van der Waals surface area contributed by atoms with Crippen LogP contribution < -0.4 is 10.6 Å². The summed E-state index contributed by atoms with van der Waals surface area (Å²) in [6.07, 6.45) is 1.63. The summed E-state index contributed by atoms with van der Waals surface area (Å²) in [5.74, 6) is 1.61. The summed E-state index contributed by atoms with van der Waals surface area (Å²) in [5.41, 5.74) is 2.82. The first-order valence-electron chi connectivity index (χ1n) is 9.06. The Morgan fingerprint density at radius 3 is 2.59 bits per heavy atom. The number of hydrogen-bond donors (Lipinski definition) is 2. The van der Waals surface area contributed by atoms with Gasteiger partial charge in [0.25, 0.3) is 0 Å². The number of furan rings is 1. The van der Waals surface area contributed by atoms with Gasteiger partial charge in [0, 0.05) is 36.8 Å². The van der Waals surface area contributed by atoms with Crippen molar-refractivity contribution in [3.05, 3.63) is 53.5 Å². The van der Waals surface area contributed by atoms with Gasteiger partial charge in [-0.2, -0.15) is 11.8 Å². The van der Waals surface area contributed by atoms with Crippen LogP contribution in [0, 0.1) is 13.8 Å². The number of thioether (sulfide) groups is 1. The lowest BCUT2D eigenvalue weighted by atomic mass is 10.1. The maximum atomic E-state index is 12.3. The molecule has 2 amide bonds. The first-order valence-corrected chi connectivity index (χ1v) is 10.2. The minimum absolute atomic E-state index is 0.0701. The molecule has 0 aliphatic carbocycles. The number of nitrogens with one attached hydrogen (secondary N) is 2. The van der Waals surface area contributed by atoms with Crippen LogP contribution in [0.15, 0.2) is 41.0 Å². The Morgan fingerprint density at radius 2 is 1.93 bits per heavy atom. The van der Waals surface area contributed by atoms with Gasteiger partial charge in [-0.05, 0) is 49.2 Å². The van der Waals surface area contributed by atoms with Gasteiger partial charge in [0.2, 0.25) is 0 Å². The molecule has 0 spiro atoms. The van der Waals surface area contributed by atoms with Gasteiger partial charge in [-0.1, -0.05) is 6.07 Å². The third-order valence-corrected chi connectivity index (χ3v) is 5.73. The second-order valence-electron chi connectivity index (χ2n) is 6.64. The summed E-state index contributed by atoms with van der Waals surface area (Å²) in [6, 6.07) is 9.26. The lowest BCUT2D eigenvalue weighted by molar-refractivity contribution is -0.136. The van der Waals surface area contributed by atoms with Gasteiger partial charge in [-0.3, -0.25) is 14.5 Å².